The Kier molecular flexibility index (Phi) is 5.35. The van der Waals surface area contributed by atoms with Crippen LogP contribution in [-0.4, -0.2) is 64.1 Å². The van der Waals surface area contributed by atoms with Gasteiger partial charge in [0.2, 0.25) is 0 Å². The van der Waals surface area contributed by atoms with Gasteiger partial charge in [-0.2, -0.15) is 10.2 Å². The summed E-state index contributed by atoms with van der Waals surface area (Å²) in [6.07, 6.45) is 3.76. The van der Waals surface area contributed by atoms with Crippen LogP contribution in [0.4, 0.5) is 5.69 Å². The summed E-state index contributed by atoms with van der Waals surface area (Å²) in [5.74, 6) is 0. The van der Waals surface area contributed by atoms with E-state index < -0.39 is 4.92 Å². The number of nitrogens with zero attached hydrogens (tertiary/aromatic N) is 6. The molecule has 8 heteroatoms. The van der Waals surface area contributed by atoms with Gasteiger partial charge in [0.1, 0.15) is 5.69 Å². The van der Waals surface area contributed by atoms with E-state index in [1.54, 1.807) is 12.1 Å². The summed E-state index contributed by atoms with van der Waals surface area (Å²) in [6.45, 7) is 3.73. The van der Waals surface area contributed by atoms with E-state index in [4.69, 9.17) is 5.10 Å². The lowest BCUT2D eigenvalue weighted by atomic mass is 10.1. The minimum Gasteiger partial charge on any atom is -0.303 e. The average Bonchev–Trinajstić information content (AvgIpc) is 3.18. The molecule has 0 saturated carbocycles. The molecule has 1 aliphatic rings. The molecule has 0 spiro atoms. The number of hydrogen-bond acceptors (Lipinski definition) is 6. The zero-order valence-electron chi connectivity index (χ0n) is 16.2. The summed E-state index contributed by atoms with van der Waals surface area (Å²) in [5, 5.41) is 22.4. The van der Waals surface area contributed by atoms with Crippen molar-refractivity contribution >= 4 is 11.9 Å². The van der Waals surface area contributed by atoms with E-state index >= 15 is 0 Å². The molecule has 0 aliphatic carbocycles. The van der Waals surface area contributed by atoms with Gasteiger partial charge in [-0.3, -0.25) is 15.1 Å². The third kappa shape index (κ3) is 4.33. The van der Waals surface area contributed by atoms with Gasteiger partial charge in [0.15, 0.2) is 0 Å². The first kappa shape index (κ1) is 18.8. The van der Waals surface area contributed by atoms with Crippen molar-refractivity contribution in [3.63, 3.8) is 0 Å². The molecule has 1 saturated heterocycles. The number of nitro groups is 1. The number of hydrogen-bond donors (Lipinski definition) is 0. The Morgan fingerprint density at radius 3 is 2.38 bits per heavy atom. The van der Waals surface area contributed by atoms with Gasteiger partial charge < -0.3 is 4.90 Å². The monoisotopic (exact) mass is 390 g/mol. The fourth-order valence-corrected chi connectivity index (χ4v) is 3.22. The van der Waals surface area contributed by atoms with Crippen molar-refractivity contribution < 1.29 is 4.92 Å². The van der Waals surface area contributed by atoms with Crippen LogP contribution in [0.25, 0.3) is 16.9 Å². The molecule has 3 aromatic rings. The molecule has 0 N–H and O–H groups in total. The van der Waals surface area contributed by atoms with Crippen LogP contribution >= 0.6 is 0 Å². The summed E-state index contributed by atoms with van der Waals surface area (Å²) >= 11 is 0. The lowest BCUT2D eigenvalue weighted by Crippen LogP contribution is -2.41. The van der Waals surface area contributed by atoms with Crippen LogP contribution in [0, 0.1) is 10.1 Å². The molecule has 1 aliphatic heterocycles. The molecular weight excluding hydrogens is 368 g/mol. The first-order valence-electron chi connectivity index (χ1n) is 9.47. The summed E-state index contributed by atoms with van der Waals surface area (Å²) in [5.41, 5.74) is 3.41. The minimum absolute atomic E-state index is 0.0592. The lowest BCUT2D eigenvalue weighted by molar-refractivity contribution is -0.384. The number of nitro benzene ring substituents is 1. The number of para-hydroxylation sites is 1. The van der Waals surface area contributed by atoms with Crippen LogP contribution in [0.3, 0.4) is 0 Å². The second kappa shape index (κ2) is 8.24. The zero-order chi connectivity index (χ0) is 20.2. The second-order valence-electron chi connectivity index (χ2n) is 7.02. The van der Waals surface area contributed by atoms with Crippen LogP contribution in [0.1, 0.15) is 5.56 Å². The number of hydrazone groups is 1. The van der Waals surface area contributed by atoms with Gasteiger partial charge in [0, 0.05) is 55.6 Å². The molecule has 0 bridgehead atoms. The zero-order valence-corrected chi connectivity index (χ0v) is 16.2. The van der Waals surface area contributed by atoms with Crippen LogP contribution in [0.15, 0.2) is 65.9 Å². The number of rotatable bonds is 5. The normalized spacial score (nSPS) is 15.1. The standard InChI is InChI=1S/C21H22N6O2/c1-24-11-13-25(14-12-24)22-15-18-16-26(19-5-3-2-4-6-19)23-21(18)17-7-9-20(10-8-17)27(28)29/h2-10,15-16H,11-14H2,1H3/b22-15+. The topological polar surface area (TPSA) is 79.8 Å². The summed E-state index contributed by atoms with van der Waals surface area (Å²) < 4.78 is 1.81. The Bertz CT molecular complexity index is 1010. The molecule has 148 valence electrons. The molecule has 0 amide bonds. The fraction of sp³-hybridized carbons (Fsp3) is 0.238. The maximum absolute atomic E-state index is 11.0. The molecule has 1 fully saturated rings. The molecule has 0 atom stereocenters. The van der Waals surface area contributed by atoms with E-state index in [-0.39, 0.29) is 5.69 Å². The molecule has 8 nitrogen and oxygen atoms in total. The lowest BCUT2D eigenvalue weighted by Gasteiger charge is -2.30. The fourth-order valence-electron chi connectivity index (χ4n) is 3.22. The quantitative estimate of drug-likeness (QED) is 0.380. The highest BCUT2D eigenvalue weighted by Gasteiger charge is 2.15. The largest absolute Gasteiger partial charge is 0.303 e. The molecule has 2 aromatic carbocycles. The maximum Gasteiger partial charge on any atom is 0.269 e. The van der Waals surface area contributed by atoms with Gasteiger partial charge in [-0.05, 0) is 31.3 Å². The molecule has 4 rings (SSSR count). The van der Waals surface area contributed by atoms with Gasteiger partial charge in [-0.25, -0.2) is 4.68 Å². The SMILES string of the molecule is CN1CCN(/N=C/c2cn(-c3ccccc3)nc2-c2ccc([N+](=O)[O-])cc2)CC1. The number of non-ortho nitro benzene ring substituents is 1. The molecule has 0 unspecified atom stereocenters. The average molecular weight is 390 g/mol. The second-order valence-corrected chi connectivity index (χ2v) is 7.02. The summed E-state index contributed by atoms with van der Waals surface area (Å²) in [7, 11) is 2.11. The highest BCUT2D eigenvalue weighted by Crippen LogP contribution is 2.25. The maximum atomic E-state index is 11.0. The Balaban J connectivity index is 1.68. The van der Waals surface area contributed by atoms with Crippen molar-refractivity contribution in [3.05, 3.63) is 76.5 Å². The van der Waals surface area contributed by atoms with Gasteiger partial charge >= 0.3 is 0 Å². The van der Waals surface area contributed by atoms with Crippen molar-refractivity contribution in [3.8, 4) is 16.9 Å². The van der Waals surface area contributed by atoms with Gasteiger partial charge in [-0.15, -0.1) is 0 Å². The Morgan fingerprint density at radius 2 is 1.72 bits per heavy atom. The predicted octanol–water partition coefficient (Wildman–Crippen LogP) is 3.03. The van der Waals surface area contributed by atoms with E-state index in [0.717, 1.165) is 48.7 Å². The van der Waals surface area contributed by atoms with Crippen molar-refractivity contribution in [2.24, 2.45) is 5.10 Å². The van der Waals surface area contributed by atoms with Crippen molar-refractivity contribution in [2.45, 2.75) is 0 Å². The van der Waals surface area contributed by atoms with Gasteiger partial charge in [-0.1, -0.05) is 18.2 Å². The van der Waals surface area contributed by atoms with Crippen LogP contribution in [-0.2, 0) is 0 Å². The Labute approximate surface area is 168 Å². The third-order valence-corrected chi connectivity index (χ3v) is 4.95. The van der Waals surface area contributed by atoms with E-state index in [1.807, 2.05) is 47.4 Å². The summed E-state index contributed by atoms with van der Waals surface area (Å²) in [6, 6.07) is 16.3. The van der Waals surface area contributed by atoms with E-state index in [9.17, 15) is 10.1 Å². The van der Waals surface area contributed by atoms with E-state index in [2.05, 4.69) is 22.1 Å². The van der Waals surface area contributed by atoms with Crippen LogP contribution in [0.2, 0.25) is 0 Å². The molecular formula is C21H22N6O2. The highest BCUT2D eigenvalue weighted by molar-refractivity contribution is 5.88. The third-order valence-electron chi connectivity index (χ3n) is 4.95. The van der Waals surface area contributed by atoms with Crippen molar-refractivity contribution in [2.75, 3.05) is 33.2 Å². The molecule has 2 heterocycles. The minimum atomic E-state index is -0.401. The summed E-state index contributed by atoms with van der Waals surface area (Å²) in [4.78, 5) is 12.8. The molecule has 0 radical (unpaired) electrons. The van der Waals surface area contributed by atoms with Crippen molar-refractivity contribution in [1.82, 2.24) is 19.7 Å². The number of piperazine rings is 1. The van der Waals surface area contributed by atoms with E-state index in [1.165, 1.54) is 12.1 Å². The molecule has 1 aromatic heterocycles. The van der Waals surface area contributed by atoms with Gasteiger partial charge in [0.25, 0.3) is 5.69 Å². The van der Waals surface area contributed by atoms with Crippen LogP contribution < -0.4 is 0 Å². The van der Waals surface area contributed by atoms with E-state index in [0.29, 0.717) is 0 Å². The number of likely N-dealkylation sites (N-methyl/N-ethyl adjacent to an activating group) is 1. The number of benzene rings is 2. The van der Waals surface area contributed by atoms with Gasteiger partial charge in [0.05, 0.1) is 16.8 Å². The Hall–Kier alpha value is -3.52. The predicted molar refractivity (Wildman–Crippen MR) is 112 cm³/mol. The smallest absolute Gasteiger partial charge is 0.269 e. The number of aromatic nitrogens is 2. The first-order valence-corrected chi connectivity index (χ1v) is 9.47. The first-order chi connectivity index (χ1) is 14.1. The highest BCUT2D eigenvalue weighted by atomic mass is 16.6. The van der Waals surface area contributed by atoms with Crippen LogP contribution in [0.5, 0.6) is 0 Å². The Morgan fingerprint density at radius 1 is 1.03 bits per heavy atom. The van der Waals surface area contributed by atoms with Crippen molar-refractivity contribution in [1.29, 1.82) is 0 Å². The molecule has 29 heavy (non-hydrogen) atoms.